The molecule has 2 aromatic rings. The fourth-order valence-electron chi connectivity index (χ4n) is 4.91. The Balaban J connectivity index is 1.24. The molecule has 0 radical (unpaired) electrons. The van der Waals surface area contributed by atoms with Crippen molar-refractivity contribution in [3.05, 3.63) is 69.2 Å². The van der Waals surface area contributed by atoms with E-state index < -0.39 is 5.92 Å². The molecule has 0 N–H and O–H groups in total. The molecule has 2 heterocycles. The number of carbonyl (C=O) groups excluding carboxylic acids is 2. The first kappa shape index (κ1) is 26.1. The number of piperidine rings is 2. The highest BCUT2D eigenvalue weighted by molar-refractivity contribution is 6.36. The van der Waals surface area contributed by atoms with Crippen LogP contribution in [0.5, 0.6) is 0 Å². The van der Waals surface area contributed by atoms with Gasteiger partial charge in [0.2, 0.25) is 5.91 Å². The van der Waals surface area contributed by atoms with Gasteiger partial charge in [-0.2, -0.15) is 0 Å². The van der Waals surface area contributed by atoms with Crippen LogP contribution in [-0.4, -0.2) is 60.1 Å². The molecular weight excluding hydrogens is 493 g/mol. The van der Waals surface area contributed by atoms with Gasteiger partial charge in [0.15, 0.2) is 5.78 Å². The second-order valence-corrected chi connectivity index (χ2v) is 10.4. The second kappa shape index (κ2) is 11.4. The molecule has 0 aliphatic carbocycles. The summed E-state index contributed by atoms with van der Waals surface area (Å²) in [4.78, 5) is 28.9. The summed E-state index contributed by atoms with van der Waals surface area (Å²) in [5.74, 6) is -2.15. The lowest BCUT2D eigenvalue weighted by Crippen LogP contribution is -2.42. The van der Waals surface area contributed by atoms with Gasteiger partial charge in [0.05, 0.1) is 13.0 Å². The van der Waals surface area contributed by atoms with E-state index in [0.29, 0.717) is 41.0 Å². The molecule has 2 saturated heterocycles. The third kappa shape index (κ3) is 7.02. The van der Waals surface area contributed by atoms with Gasteiger partial charge in [0.25, 0.3) is 5.92 Å². The fourth-order valence-corrected chi connectivity index (χ4v) is 5.44. The topological polar surface area (TPSA) is 40.6 Å². The van der Waals surface area contributed by atoms with E-state index in [1.165, 1.54) is 5.56 Å². The van der Waals surface area contributed by atoms with E-state index in [9.17, 15) is 18.4 Å². The molecule has 0 spiro atoms. The Morgan fingerprint density at radius 1 is 0.886 bits per heavy atom. The van der Waals surface area contributed by atoms with Crippen molar-refractivity contribution >= 4 is 34.9 Å². The largest absolute Gasteiger partial charge is 0.342 e. The number of hydrogen-bond acceptors (Lipinski definition) is 3. The van der Waals surface area contributed by atoms with E-state index in [2.05, 4.69) is 12.1 Å². The predicted octanol–water partition coefficient (Wildman–Crippen LogP) is 5.78. The monoisotopic (exact) mass is 522 g/mol. The standard InChI is InChI=1S/C27H30Cl2F2N2O2/c28-24-2-1-3-25(29)23(24)17-26(35)33-12-8-21(9-13-33)20-6-4-19(5-7-20)16-22(34)18-32-14-10-27(30,31)11-15-32/h1-7,21H,8-18H2. The lowest BCUT2D eigenvalue weighted by Gasteiger charge is -2.32. The summed E-state index contributed by atoms with van der Waals surface area (Å²) in [6.45, 7) is 2.12. The van der Waals surface area contributed by atoms with Crippen molar-refractivity contribution in [2.24, 2.45) is 0 Å². The summed E-state index contributed by atoms with van der Waals surface area (Å²) in [6.07, 6.45) is 1.91. The first-order valence-corrected chi connectivity index (χ1v) is 12.9. The minimum Gasteiger partial charge on any atom is -0.342 e. The van der Waals surface area contributed by atoms with Crippen LogP contribution in [0.4, 0.5) is 8.78 Å². The van der Waals surface area contributed by atoms with Crippen molar-refractivity contribution in [1.29, 1.82) is 0 Å². The zero-order valence-electron chi connectivity index (χ0n) is 19.6. The van der Waals surface area contributed by atoms with Gasteiger partial charge in [-0.15, -0.1) is 0 Å². The van der Waals surface area contributed by atoms with Gasteiger partial charge < -0.3 is 4.90 Å². The van der Waals surface area contributed by atoms with Crippen LogP contribution < -0.4 is 0 Å². The maximum absolute atomic E-state index is 13.3. The summed E-state index contributed by atoms with van der Waals surface area (Å²) in [5, 5.41) is 1.02. The molecule has 0 aromatic heterocycles. The molecule has 0 unspecified atom stereocenters. The Morgan fingerprint density at radius 2 is 1.49 bits per heavy atom. The van der Waals surface area contributed by atoms with Gasteiger partial charge in [-0.05, 0) is 47.6 Å². The Bertz CT molecular complexity index is 1020. The maximum Gasteiger partial charge on any atom is 0.250 e. The molecule has 1 amide bonds. The molecule has 0 atom stereocenters. The summed E-state index contributed by atoms with van der Waals surface area (Å²) in [7, 11) is 0. The Hall–Kier alpha value is -2.02. The number of carbonyl (C=O) groups is 2. The molecule has 2 fully saturated rings. The molecule has 4 nitrogen and oxygen atoms in total. The van der Waals surface area contributed by atoms with E-state index in [1.807, 2.05) is 21.9 Å². The minimum atomic E-state index is -2.60. The molecule has 4 rings (SSSR count). The van der Waals surface area contributed by atoms with Crippen molar-refractivity contribution < 1.29 is 18.4 Å². The lowest BCUT2D eigenvalue weighted by molar-refractivity contribution is -0.131. The molecule has 8 heteroatoms. The van der Waals surface area contributed by atoms with Crippen LogP contribution in [0.2, 0.25) is 10.0 Å². The number of ketones is 1. The number of Topliss-reactive ketones (excluding diaryl/α,β-unsaturated/α-hetero) is 1. The number of nitrogens with zero attached hydrogens (tertiary/aromatic N) is 2. The predicted molar refractivity (Wildman–Crippen MR) is 134 cm³/mol. The van der Waals surface area contributed by atoms with Crippen LogP contribution >= 0.6 is 23.2 Å². The van der Waals surface area contributed by atoms with Gasteiger partial charge in [-0.25, -0.2) is 8.78 Å². The molecule has 2 aliphatic rings. The van der Waals surface area contributed by atoms with Crippen LogP contribution in [0, 0.1) is 0 Å². The van der Waals surface area contributed by atoms with Crippen LogP contribution in [-0.2, 0) is 22.4 Å². The number of likely N-dealkylation sites (tertiary alicyclic amines) is 2. The van der Waals surface area contributed by atoms with E-state index in [4.69, 9.17) is 23.2 Å². The molecule has 35 heavy (non-hydrogen) atoms. The van der Waals surface area contributed by atoms with Crippen molar-refractivity contribution in [2.45, 2.75) is 50.4 Å². The fraction of sp³-hybridized carbons (Fsp3) is 0.481. The molecular formula is C27H30Cl2F2N2O2. The highest BCUT2D eigenvalue weighted by atomic mass is 35.5. The van der Waals surface area contributed by atoms with Crippen LogP contribution in [0.1, 0.15) is 48.3 Å². The smallest absolute Gasteiger partial charge is 0.250 e. The van der Waals surface area contributed by atoms with E-state index in [1.54, 1.807) is 18.2 Å². The zero-order chi connectivity index (χ0) is 25.0. The third-order valence-electron chi connectivity index (χ3n) is 7.08. The van der Waals surface area contributed by atoms with Crippen LogP contribution in [0.25, 0.3) is 0 Å². The Labute approximate surface area is 215 Å². The van der Waals surface area contributed by atoms with Gasteiger partial charge in [0.1, 0.15) is 0 Å². The van der Waals surface area contributed by atoms with Gasteiger partial charge in [-0.3, -0.25) is 14.5 Å². The molecule has 0 bridgehead atoms. The normalized spacial score (nSPS) is 19.0. The Morgan fingerprint density at radius 3 is 2.09 bits per heavy atom. The van der Waals surface area contributed by atoms with Crippen molar-refractivity contribution in [1.82, 2.24) is 9.80 Å². The van der Waals surface area contributed by atoms with Gasteiger partial charge in [0, 0.05) is 55.5 Å². The van der Waals surface area contributed by atoms with Crippen molar-refractivity contribution in [2.75, 3.05) is 32.7 Å². The number of benzene rings is 2. The molecule has 0 saturated carbocycles. The highest BCUT2D eigenvalue weighted by Crippen LogP contribution is 2.30. The maximum atomic E-state index is 13.3. The first-order chi connectivity index (χ1) is 16.7. The number of hydrogen-bond donors (Lipinski definition) is 0. The number of rotatable bonds is 7. The highest BCUT2D eigenvalue weighted by Gasteiger charge is 2.34. The van der Waals surface area contributed by atoms with Crippen LogP contribution in [0.15, 0.2) is 42.5 Å². The van der Waals surface area contributed by atoms with Crippen LogP contribution in [0.3, 0.4) is 0 Å². The summed E-state index contributed by atoms with van der Waals surface area (Å²) in [6, 6.07) is 13.3. The summed E-state index contributed by atoms with van der Waals surface area (Å²) in [5.41, 5.74) is 2.82. The Kier molecular flexibility index (Phi) is 8.46. The lowest BCUT2D eigenvalue weighted by atomic mass is 9.88. The van der Waals surface area contributed by atoms with Crippen molar-refractivity contribution in [3.8, 4) is 0 Å². The first-order valence-electron chi connectivity index (χ1n) is 12.1. The second-order valence-electron chi connectivity index (χ2n) is 9.62. The molecule has 2 aliphatic heterocycles. The minimum absolute atomic E-state index is 0.0322. The molecule has 2 aromatic carbocycles. The zero-order valence-corrected chi connectivity index (χ0v) is 21.1. The summed E-state index contributed by atoms with van der Waals surface area (Å²) >= 11 is 12.4. The summed E-state index contributed by atoms with van der Waals surface area (Å²) < 4.78 is 26.6. The van der Waals surface area contributed by atoms with E-state index >= 15 is 0 Å². The quantitative estimate of drug-likeness (QED) is 0.462. The van der Waals surface area contributed by atoms with Gasteiger partial charge >= 0.3 is 0 Å². The average Bonchev–Trinajstić information content (AvgIpc) is 2.83. The SMILES string of the molecule is O=C(Cc1ccc(C2CCN(C(=O)Cc3c(Cl)cccc3Cl)CC2)cc1)CN1CCC(F)(F)CC1. The number of halogens is 4. The average molecular weight is 523 g/mol. The van der Waals surface area contributed by atoms with Gasteiger partial charge in [-0.1, -0.05) is 53.5 Å². The van der Waals surface area contributed by atoms with Crippen molar-refractivity contribution in [3.63, 3.8) is 0 Å². The third-order valence-corrected chi connectivity index (χ3v) is 7.79. The number of alkyl halides is 2. The number of amides is 1. The molecule has 188 valence electrons. The van der Waals surface area contributed by atoms with E-state index in [-0.39, 0.29) is 50.6 Å². The van der Waals surface area contributed by atoms with E-state index in [0.717, 1.165) is 18.4 Å².